The number of anilines is 1. The zero-order valence-electron chi connectivity index (χ0n) is 16.1. The number of amides is 2. The maximum Gasteiger partial charge on any atom is 0.247 e. The molecule has 1 heterocycles. The van der Waals surface area contributed by atoms with Crippen LogP contribution in [0.2, 0.25) is 0 Å². The van der Waals surface area contributed by atoms with Crippen molar-refractivity contribution in [1.82, 2.24) is 0 Å². The molecule has 2 amide bonds. The van der Waals surface area contributed by atoms with Crippen molar-refractivity contribution in [3.05, 3.63) is 63.7 Å². The molecule has 1 fully saturated rings. The van der Waals surface area contributed by atoms with Crippen LogP contribution in [0, 0.1) is 34.6 Å². The molecular weight excluding hydrogens is 342 g/mol. The highest BCUT2D eigenvalue weighted by Crippen LogP contribution is 2.34. The molecule has 0 radical (unpaired) electrons. The average Bonchev–Trinajstić information content (AvgIpc) is 2.92. The minimum absolute atomic E-state index is 0.0953. The fourth-order valence-electron chi connectivity index (χ4n) is 3.56. The summed E-state index contributed by atoms with van der Waals surface area (Å²) >= 11 is 1.59. The normalized spacial score (nSPS) is 17.3. The first-order valence-corrected chi connectivity index (χ1v) is 9.97. The standard InChI is InChI=1S/C22H25NO2S/c1-13-14(2)16(4)19(17(5)15(13)3)12-26-20-11-21(24)23(22(20)25)18-9-7-6-8-10-18/h6-10,20H,11-12H2,1-5H3/t20-/m1/s1. The van der Waals surface area contributed by atoms with E-state index in [2.05, 4.69) is 34.6 Å². The van der Waals surface area contributed by atoms with Crippen LogP contribution in [0.4, 0.5) is 5.69 Å². The van der Waals surface area contributed by atoms with Crippen LogP contribution in [0.15, 0.2) is 30.3 Å². The lowest BCUT2D eigenvalue weighted by Gasteiger charge is -2.19. The van der Waals surface area contributed by atoms with Gasteiger partial charge in [-0.05, 0) is 80.1 Å². The van der Waals surface area contributed by atoms with E-state index in [1.54, 1.807) is 11.8 Å². The second kappa shape index (κ2) is 7.28. The molecule has 1 aliphatic heterocycles. The third-order valence-corrected chi connectivity index (χ3v) is 6.93. The SMILES string of the molecule is Cc1c(C)c(C)c(CS[C@@H]2CC(=O)N(c3ccccc3)C2=O)c(C)c1C. The van der Waals surface area contributed by atoms with Gasteiger partial charge in [0.2, 0.25) is 11.8 Å². The molecule has 1 saturated heterocycles. The second-order valence-electron chi connectivity index (χ2n) is 7.01. The van der Waals surface area contributed by atoms with E-state index in [-0.39, 0.29) is 23.5 Å². The van der Waals surface area contributed by atoms with E-state index < -0.39 is 0 Å². The third kappa shape index (κ3) is 3.18. The van der Waals surface area contributed by atoms with Crippen molar-refractivity contribution in [1.29, 1.82) is 0 Å². The van der Waals surface area contributed by atoms with E-state index in [0.717, 1.165) is 5.75 Å². The summed E-state index contributed by atoms with van der Waals surface area (Å²) in [4.78, 5) is 26.5. The van der Waals surface area contributed by atoms with Crippen molar-refractivity contribution in [2.45, 2.75) is 52.0 Å². The van der Waals surface area contributed by atoms with Gasteiger partial charge in [-0.1, -0.05) is 18.2 Å². The highest BCUT2D eigenvalue weighted by molar-refractivity contribution is 7.99. The summed E-state index contributed by atoms with van der Waals surface area (Å²) in [6, 6.07) is 9.20. The van der Waals surface area contributed by atoms with Crippen molar-refractivity contribution in [3.8, 4) is 0 Å². The Morgan fingerprint density at radius 3 is 2.00 bits per heavy atom. The predicted octanol–water partition coefficient (Wildman–Crippen LogP) is 4.79. The van der Waals surface area contributed by atoms with Crippen molar-refractivity contribution in [3.63, 3.8) is 0 Å². The fourth-order valence-corrected chi connectivity index (χ4v) is 4.87. The lowest BCUT2D eigenvalue weighted by Crippen LogP contribution is -2.31. The number of thioether (sulfide) groups is 1. The molecule has 0 aliphatic carbocycles. The van der Waals surface area contributed by atoms with Gasteiger partial charge in [-0.25, -0.2) is 4.90 Å². The van der Waals surface area contributed by atoms with Gasteiger partial charge in [-0.2, -0.15) is 0 Å². The molecule has 0 bridgehead atoms. The Morgan fingerprint density at radius 1 is 0.885 bits per heavy atom. The Bertz CT molecular complexity index is 844. The molecule has 0 saturated carbocycles. The number of hydrogen-bond donors (Lipinski definition) is 0. The Hall–Kier alpha value is -2.07. The molecule has 2 aromatic rings. The van der Waals surface area contributed by atoms with E-state index in [4.69, 9.17) is 0 Å². The minimum atomic E-state index is -0.302. The quantitative estimate of drug-likeness (QED) is 0.729. The number of carbonyl (C=O) groups excluding carboxylic acids is 2. The molecule has 0 spiro atoms. The number of para-hydroxylation sites is 1. The minimum Gasteiger partial charge on any atom is -0.274 e. The molecule has 1 aliphatic rings. The Labute approximate surface area is 159 Å². The Morgan fingerprint density at radius 2 is 1.42 bits per heavy atom. The second-order valence-corrected chi connectivity index (χ2v) is 8.20. The Balaban J connectivity index is 1.80. The highest BCUT2D eigenvalue weighted by Gasteiger charge is 2.39. The number of hydrogen-bond acceptors (Lipinski definition) is 3. The van der Waals surface area contributed by atoms with E-state index in [0.29, 0.717) is 5.69 Å². The number of benzene rings is 2. The summed E-state index contributed by atoms with van der Waals surface area (Å²) in [7, 11) is 0. The van der Waals surface area contributed by atoms with Crippen molar-refractivity contribution < 1.29 is 9.59 Å². The average molecular weight is 368 g/mol. The molecule has 3 rings (SSSR count). The molecule has 0 N–H and O–H groups in total. The van der Waals surface area contributed by atoms with Crippen molar-refractivity contribution >= 4 is 29.3 Å². The van der Waals surface area contributed by atoms with E-state index in [1.165, 1.54) is 38.3 Å². The zero-order valence-corrected chi connectivity index (χ0v) is 16.9. The smallest absolute Gasteiger partial charge is 0.247 e. The van der Waals surface area contributed by atoms with Gasteiger partial charge in [0.1, 0.15) is 0 Å². The van der Waals surface area contributed by atoms with Gasteiger partial charge in [0.15, 0.2) is 0 Å². The van der Waals surface area contributed by atoms with Gasteiger partial charge in [0.25, 0.3) is 0 Å². The number of rotatable bonds is 4. The number of imide groups is 1. The molecule has 0 unspecified atom stereocenters. The molecule has 26 heavy (non-hydrogen) atoms. The van der Waals surface area contributed by atoms with Crippen LogP contribution in [0.3, 0.4) is 0 Å². The summed E-state index contributed by atoms with van der Waals surface area (Å²) in [6.45, 7) is 10.8. The summed E-state index contributed by atoms with van der Waals surface area (Å²) in [5, 5.41) is -0.302. The predicted molar refractivity (Wildman–Crippen MR) is 109 cm³/mol. The maximum atomic E-state index is 12.8. The highest BCUT2D eigenvalue weighted by atomic mass is 32.2. The summed E-state index contributed by atoms with van der Waals surface area (Å²) in [5.74, 6) is 0.553. The molecule has 4 heteroatoms. The summed E-state index contributed by atoms with van der Waals surface area (Å²) < 4.78 is 0. The van der Waals surface area contributed by atoms with Crippen LogP contribution in [0.25, 0.3) is 0 Å². The molecular formula is C22H25NO2S. The van der Waals surface area contributed by atoms with E-state index in [1.807, 2.05) is 30.3 Å². The fraction of sp³-hybridized carbons (Fsp3) is 0.364. The van der Waals surface area contributed by atoms with Crippen molar-refractivity contribution in [2.75, 3.05) is 4.90 Å². The maximum absolute atomic E-state index is 12.8. The van der Waals surface area contributed by atoms with Crippen molar-refractivity contribution in [2.24, 2.45) is 0 Å². The molecule has 2 aromatic carbocycles. The first kappa shape index (κ1) is 18.7. The van der Waals surface area contributed by atoms with Crippen LogP contribution in [0.5, 0.6) is 0 Å². The molecule has 1 atom stereocenters. The van der Waals surface area contributed by atoms with Gasteiger partial charge < -0.3 is 0 Å². The van der Waals surface area contributed by atoms with E-state index in [9.17, 15) is 9.59 Å². The molecule has 136 valence electrons. The lowest BCUT2D eigenvalue weighted by atomic mass is 9.90. The van der Waals surface area contributed by atoms with E-state index >= 15 is 0 Å². The largest absolute Gasteiger partial charge is 0.274 e. The summed E-state index contributed by atoms with van der Waals surface area (Å²) in [6.07, 6.45) is 0.278. The monoisotopic (exact) mass is 367 g/mol. The number of carbonyl (C=O) groups is 2. The Kier molecular flexibility index (Phi) is 5.24. The van der Waals surface area contributed by atoms with Gasteiger partial charge in [-0.15, -0.1) is 11.8 Å². The first-order valence-electron chi connectivity index (χ1n) is 8.92. The molecule has 0 aromatic heterocycles. The lowest BCUT2D eigenvalue weighted by molar-refractivity contribution is -0.121. The van der Waals surface area contributed by atoms with Gasteiger partial charge in [0, 0.05) is 12.2 Å². The topological polar surface area (TPSA) is 37.4 Å². The first-order chi connectivity index (χ1) is 12.3. The van der Waals surface area contributed by atoms with Crippen LogP contribution >= 0.6 is 11.8 Å². The summed E-state index contributed by atoms with van der Waals surface area (Å²) in [5.41, 5.74) is 8.56. The van der Waals surface area contributed by atoms with Crippen LogP contribution in [0.1, 0.15) is 39.8 Å². The number of nitrogens with zero attached hydrogens (tertiary/aromatic N) is 1. The van der Waals surface area contributed by atoms with Crippen LogP contribution in [-0.4, -0.2) is 17.1 Å². The molecule has 3 nitrogen and oxygen atoms in total. The zero-order chi connectivity index (χ0) is 19.0. The van der Waals surface area contributed by atoms with Crippen LogP contribution in [-0.2, 0) is 15.3 Å². The van der Waals surface area contributed by atoms with Gasteiger partial charge in [-0.3, -0.25) is 9.59 Å². The van der Waals surface area contributed by atoms with Crippen LogP contribution < -0.4 is 4.90 Å². The van der Waals surface area contributed by atoms with Gasteiger partial charge >= 0.3 is 0 Å². The third-order valence-electron chi connectivity index (χ3n) is 5.70. The van der Waals surface area contributed by atoms with Gasteiger partial charge in [0.05, 0.1) is 10.9 Å².